The molecular weight excluding hydrogens is 873 g/mol. The minimum absolute atomic E-state index is 1.08. The molecule has 336 valence electrons. The summed E-state index contributed by atoms with van der Waals surface area (Å²) in [6, 6.07) is 98.3. The molecule has 0 amide bonds. The van der Waals surface area contributed by atoms with Gasteiger partial charge < -0.3 is 18.9 Å². The first-order valence-electron chi connectivity index (χ1n) is 24.7. The summed E-state index contributed by atoms with van der Waals surface area (Å²) < 4.78 is 4.89. The molecule has 0 radical (unpaired) electrons. The summed E-state index contributed by atoms with van der Waals surface area (Å²) in [5.41, 5.74) is 18.1. The van der Waals surface area contributed by atoms with Gasteiger partial charge in [-0.15, -0.1) is 0 Å². The monoisotopic (exact) mass is 916 g/mol. The Bertz CT molecular complexity index is 4390. The van der Waals surface area contributed by atoms with E-state index in [0.29, 0.717) is 0 Å². The van der Waals surface area contributed by atoms with Crippen LogP contribution in [0.5, 0.6) is 0 Å². The van der Waals surface area contributed by atoms with Gasteiger partial charge in [-0.1, -0.05) is 164 Å². The van der Waals surface area contributed by atoms with E-state index in [0.717, 1.165) is 61.9 Å². The molecule has 1 aliphatic heterocycles. The van der Waals surface area contributed by atoms with Crippen LogP contribution < -0.4 is 9.80 Å². The van der Waals surface area contributed by atoms with Gasteiger partial charge in [0.1, 0.15) is 0 Å². The molecule has 4 heteroatoms. The van der Waals surface area contributed by atoms with Crippen molar-refractivity contribution < 1.29 is 0 Å². The molecule has 4 nitrogen and oxygen atoms in total. The van der Waals surface area contributed by atoms with Crippen molar-refractivity contribution in [2.75, 3.05) is 9.80 Å². The third-order valence-corrected chi connectivity index (χ3v) is 14.9. The fraction of sp³-hybridized carbons (Fsp3) is 0. The second kappa shape index (κ2) is 16.0. The number of hydrogen-bond donors (Lipinski definition) is 0. The summed E-state index contributed by atoms with van der Waals surface area (Å²) in [5, 5.41) is 9.79. The van der Waals surface area contributed by atoms with Crippen molar-refractivity contribution in [3.05, 3.63) is 267 Å². The molecule has 15 rings (SSSR count). The fourth-order valence-corrected chi connectivity index (χ4v) is 11.7. The van der Waals surface area contributed by atoms with Crippen LogP contribution in [0, 0.1) is 0 Å². The van der Waals surface area contributed by atoms with Crippen LogP contribution >= 0.6 is 0 Å². The van der Waals surface area contributed by atoms with Crippen LogP contribution in [0.3, 0.4) is 0 Å². The fourth-order valence-electron chi connectivity index (χ4n) is 11.7. The van der Waals surface area contributed by atoms with E-state index in [1.165, 1.54) is 71.0 Å². The second-order valence-corrected chi connectivity index (χ2v) is 19.0. The Morgan fingerprint density at radius 2 is 0.542 bits per heavy atom. The lowest BCUT2D eigenvalue weighted by molar-refractivity contribution is 1.19. The van der Waals surface area contributed by atoms with Crippen LogP contribution in [0.2, 0.25) is 0 Å². The van der Waals surface area contributed by atoms with Crippen LogP contribution in [-0.2, 0) is 0 Å². The SMILES string of the molecule is c1cc2cc(c1)N(c1ccc3c(c1)c1ccccc1n3-c1cccc3ccccc13)c1cccc(c1)-c1cccc(c1)N(c1ccc3c4ccccc4n(-c4cccc5ccccc45)c3c1)c1cccc-2c1. The highest BCUT2D eigenvalue weighted by Gasteiger charge is 2.23. The number of benzene rings is 12. The average molecular weight is 917 g/mol. The van der Waals surface area contributed by atoms with Gasteiger partial charge in [0.15, 0.2) is 0 Å². The van der Waals surface area contributed by atoms with Gasteiger partial charge in [-0.3, -0.25) is 0 Å². The van der Waals surface area contributed by atoms with Gasteiger partial charge in [-0.2, -0.15) is 0 Å². The van der Waals surface area contributed by atoms with E-state index in [1.54, 1.807) is 0 Å². The number of hydrogen-bond acceptors (Lipinski definition) is 2. The zero-order chi connectivity index (χ0) is 47.3. The topological polar surface area (TPSA) is 16.3 Å². The largest absolute Gasteiger partial charge is 0.310 e. The Morgan fingerprint density at radius 3 is 1.06 bits per heavy atom. The van der Waals surface area contributed by atoms with Crippen molar-refractivity contribution in [3.63, 3.8) is 0 Å². The summed E-state index contributed by atoms with van der Waals surface area (Å²) in [6.45, 7) is 0. The first-order chi connectivity index (χ1) is 35.7. The van der Waals surface area contributed by atoms with Crippen molar-refractivity contribution in [1.29, 1.82) is 0 Å². The molecule has 0 saturated carbocycles. The maximum atomic E-state index is 2.46. The van der Waals surface area contributed by atoms with Gasteiger partial charge in [0.25, 0.3) is 0 Å². The third kappa shape index (κ3) is 6.26. The Labute approximate surface area is 416 Å². The highest BCUT2D eigenvalue weighted by molar-refractivity contribution is 6.13. The lowest BCUT2D eigenvalue weighted by Crippen LogP contribution is -2.11. The van der Waals surface area contributed by atoms with E-state index >= 15 is 0 Å². The third-order valence-electron chi connectivity index (χ3n) is 14.9. The normalized spacial score (nSPS) is 12.4. The van der Waals surface area contributed by atoms with Crippen molar-refractivity contribution in [2.24, 2.45) is 0 Å². The molecule has 12 aromatic carbocycles. The molecule has 72 heavy (non-hydrogen) atoms. The number of rotatable bonds is 4. The smallest absolute Gasteiger partial charge is 0.0562 e. The lowest BCUT2D eigenvalue weighted by atomic mass is 10.00. The van der Waals surface area contributed by atoms with Crippen molar-refractivity contribution >= 4 is 99.3 Å². The molecule has 2 aromatic heterocycles. The van der Waals surface area contributed by atoms with Gasteiger partial charge in [-0.25, -0.2) is 0 Å². The summed E-state index contributed by atoms with van der Waals surface area (Å²) in [6.07, 6.45) is 0. The number of anilines is 6. The maximum Gasteiger partial charge on any atom is 0.0562 e. The van der Waals surface area contributed by atoms with E-state index in [-0.39, 0.29) is 0 Å². The summed E-state index contributed by atoms with van der Waals surface area (Å²) in [4.78, 5) is 4.85. The van der Waals surface area contributed by atoms with Crippen molar-refractivity contribution in [3.8, 4) is 33.6 Å². The highest BCUT2D eigenvalue weighted by atomic mass is 15.2. The molecule has 0 aliphatic carbocycles. The van der Waals surface area contributed by atoms with Crippen molar-refractivity contribution in [1.82, 2.24) is 9.13 Å². The van der Waals surface area contributed by atoms with Gasteiger partial charge in [-0.05, 0) is 136 Å². The second-order valence-electron chi connectivity index (χ2n) is 19.0. The molecule has 0 fully saturated rings. The Morgan fingerprint density at radius 1 is 0.194 bits per heavy atom. The molecule has 3 heterocycles. The van der Waals surface area contributed by atoms with E-state index in [9.17, 15) is 0 Å². The molecule has 0 spiro atoms. The number of para-hydroxylation sites is 2. The number of aromatic nitrogens is 2. The summed E-state index contributed by atoms with van der Waals surface area (Å²) in [7, 11) is 0. The molecular formula is C68H44N4. The molecule has 14 aromatic rings. The molecule has 0 saturated heterocycles. The first-order valence-corrected chi connectivity index (χ1v) is 24.7. The Kier molecular flexibility index (Phi) is 8.92. The van der Waals surface area contributed by atoms with Gasteiger partial charge in [0.05, 0.1) is 33.4 Å². The van der Waals surface area contributed by atoms with Gasteiger partial charge in [0, 0.05) is 66.4 Å². The molecule has 0 N–H and O–H groups in total. The molecule has 0 atom stereocenters. The zero-order valence-electron chi connectivity index (χ0n) is 39.2. The summed E-state index contributed by atoms with van der Waals surface area (Å²) >= 11 is 0. The lowest BCUT2D eigenvalue weighted by Gasteiger charge is -2.29. The molecule has 0 unspecified atom stereocenters. The summed E-state index contributed by atoms with van der Waals surface area (Å²) in [5.74, 6) is 0. The average Bonchev–Trinajstić information content (AvgIpc) is 3.95. The van der Waals surface area contributed by atoms with Crippen molar-refractivity contribution in [2.45, 2.75) is 0 Å². The van der Waals surface area contributed by atoms with E-state index < -0.39 is 0 Å². The standard InChI is InChI=1S/C68H44N4/c1-3-27-57-45(15-1)17-13-33-63(57)71-66-32-8-6-30-60(66)62-43-55(36-38-67(62)71)69-51-23-9-19-47(39-51)49-21-11-25-53(41-49)70(54-26-12-22-50(42-54)48-20-10-24-52(69)40-48)56-35-37-61-59-29-5-7-31-65(59)72(68(61)44-56)64-34-14-18-46-16-2-4-28-58(46)64/h1-44H. The molecule has 8 bridgehead atoms. The first kappa shape index (κ1) is 40.3. The quantitative estimate of drug-likeness (QED) is 0.175. The zero-order valence-corrected chi connectivity index (χ0v) is 39.2. The minimum Gasteiger partial charge on any atom is -0.310 e. The van der Waals surface area contributed by atoms with Crippen LogP contribution in [0.4, 0.5) is 34.1 Å². The van der Waals surface area contributed by atoms with Crippen LogP contribution in [0.1, 0.15) is 0 Å². The van der Waals surface area contributed by atoms with Crippen LogP contribution in [0.15, 0.2) is 267 Å². The Hall–Kier alpha value is -9.64. The molecule has 1 aliphatic rings. The van der Waals surface area contributed by atoms with E-state index in [2.05, 4.69) is 286 Å². The number of fused-ring (bicyclic) bond motifs is 18. The van der Waals surface area contributed by atoms with Crippen LogP contribution in [-0.4, -0.2) is 9.13 Å². The van der Waals surface area contributed by atoms with Crippen LogP contribution in [0.25, 0.3) is 98.8 Å². The van der Waals surface area contributed by atoms with E-state index in [4.69, 9.17) is 0 Å². The predicted molar refractivity (Wildman–Crippen MR) is 304 cm³/mol. The van der Waals surface area contributed by atoms with E-state index in [1.807, 2.05) is 0 Å². The Balaban J connectivity index is 0.919. The van der Waals surface area contributed by atoms with Gasteiger partial charge >= 0.3 is 0 Å². The number of nitrogens with zero attached hydrogens (tertiary/aromatic N) is 4. The predicted octanol–water partition coefficient (Wildman–Crippen LogP) is 18.8. The minimum atomic E-state index is 1.08. The maximum absolute atomic E-state index is 2.46. The highest BCUT2D eigenvalue weighted by Crippen LogP contribution is 2.46. The van der Waals surface area contributed by atoms with Gasteiger partial charge in [0.2, 0.25) is 0 Å².